The third-order valence-electron chi connectivity index (χ3n) is 5.52. The van der Waals surface area contributed by atoms with E-state index in [1.165, 1.54) is 31.2 Å². The lowest BCUT2D eigenvalue weighted by atomic mass is 9.84. The van der Waals surface area contributed by atoms with E-state index in [4.69, 9.17) is 5.11 Å². The van der Waals surface area contributed by atoms with Crippen molar-refractivity contribution >= 4 is 5.97 Å². The highest BCUT2D eigenvalue weighted by molar-refractivity contribution is 5.70. The van der Waals surface area contributed by atoms with Gasteiger partial charge in [0.05, 0.1) is 5.92 Å². The van der Waals surface area contributed by atoms with Crippen molar-refractivity contribution in [1.29, 1.82) is 0 Å². The fourth-order valence-corrected chi connectivity index (χ4v) is 4.22. The summed E-state index contributed by atoms with van der Waals surface area (Å²) in [6.45, 7) is 0. The Balaban J connectivity index is 1.65. The summed E-state index contributed by atoms with van der Waals surface area (Å²) in [5, 5.41) is 13.0. The van der Waals surface area contributed by atoms with Crippen LogP contribution in [0, 0.1) is 11.8 Å². The lowest BCUT2D eigenvalue weighted by molar-refractivity contribution is -0.142. The van der Waals surface area contributed by atoms with Crippen LogP contribution < -0.4 is 5.32 Å². The van der Waals surface area contributed by atoms with Crippen LogP contribution in [-0.4, -0.2) is 17.1 Å². The minimum absolute atomic E-state index is 0.125. The van der Waals surface area contributed by atoms with Crippen molar-refractivity contribution in [3.05, 3.63) is 35.9 Å². The Kier molecular flexibility index (Phi) is 5.14. The molecule has 0 spiro atoms. The minimum atomic E-state index is -0.617. The van der Waals surface area contributed by atoms with Gasteiger partial charge in [0, 0.05) is 12.1 Å². The maximum Gasteiger partial charge on any atom is 0.306 e. The number of carboxylic acid groups (broad SMARTS) is 1. The second-order valence-electron chi connectivity index (χ2n) is 6.99. The van der Waals surface area contributed by atoms with E-state index in [1.807, 2.05) is 0 Å². The summed E-state index contributed by atoms with van der Waals surface area (Å²) in [5.41, 5.74) is 1.40. The number of hydrogen-bond acceptors (Lipinski definition) is 2. The van der Waals surface area contributed by atoms with Crippen LogP contribution in [0.3, 0.4) is 0 Å². The lowest BCUT2D eigenvalue weighted by Gasteiger charge is -2.33. The van der Waals surface area contributed by atoms with Gasteiger partial charge in [-0.05, 0) is 50.0 Å². The monoisotopic (exact) mass is 301 g/mol. The van der Waals surface area contributed by atoms with Crippen LogP contribution in [-0.2, 0) is 4.79 Å². The number of carbonyl (C=O) groups is 1. The molecule has 3 heteroatoms. The normalized spacial score (nSPS) is 27.6. The predicted octanol–water partition coefficient (Wildman–Crippen LogP) is 4.15. The van der Waals surface area contributed by atoms with Crippen LogP contribution in [0.15, 0.2) is 30.3 Å². The zero-order valence-electron chi connectivity index (χ0n) is 13.2. The highest BCUT2D eigenvalue weighted by Crippen LogP contribution is 2.37. The Labute approximate surface area is 133 Å². The Morgan fingerprint density at radius 1 is 1.00 bits per heavy atom. The van der Waals surface area contributed by atoms with E-state index < -0.39 is 5.97 Å². The van der Waals surface area contributed by atoms with Crippen molar-refractivity contribution in [2.75, 3.05) is 0 Å². The van der Waals surface area contributed by atoms with Gasteiger partial charge in [0.15, 0.2) is 0 Å². The molecule has 0 amide bonds. The number of carboxylic acids is 1. The molecule has 120 valence electrons. The molecule has 1 aromatic rings. The first-order chi connectivity index (χ1) is 10.7. The molecule has 2 fully saturated rings. The van der Waals surface area contributed by atoms with Crippen molar-refractivity contribution in [3.8, 4) is 0 Å². The lowest BCUT2D eigenvalue weighted by Crippen LogP contribution is -2.39. The molecule has 1 aromatic carbocycles. The second kappa shape index (κ2) is 7.28. The molecule has 1 atom stereocenters. The van der Waals surface area contributed by atoms with Crippen molar-refractivity contribution < 1.29 is 9.90 Å². The van der Waals surface area contributed by atoms with Gasteiger partial charge >= 0.3 is 5.97 Å². The first-order valence-corrected chi connectivity index (χ1v) is 8.78. The van der Waals surface area contributed by atoms with Gasteiger partial charge in [-0.25, -0.2) is 0 Å². The molecule has 2 N–H and O–H groups in total. The van der Waals surface area contributed by atoms with E-state index in [1.54, 1.807) is 0 Å². The van der Waals surface area contributed by atoms with E-state index in [2.05, 4.69) is 35.6 Å². The van der Waals surface area contributed by atoms with Crippen LogP contribution in [0.2, 0.25) is 0 Å². The zero-order valence-corrected chi connectivity index (χ0v) is 13.2. The van der Waals surface area contributed by atoms with Crippen molar-refractivity contribution in [3.63, 3.8) is 0 Å². The molecule has 0 aromatic heterocycles. The Morgan fingerprint density at radius 3 is 2.23 bits per heavy atom. The van der Waals surface area contributed by atoms with Gasteiger partial charge < -0.3 is 10.4 Å². The summed E-state index contributed by atoms with van der Waals surface area (Å²) >= 11 is 0. The van der Waals surface area contributed by atoms with Crippen LogP contribution >= 0.6 is 0 Å². The highest BCUT2D eigenvalue weighted by atomic mass is 16.4. The Hall–Kier alpha value is -1.35. The van der Waals surface area contributed by atoms with Crippen molar-refractivity contribution in [1.82, 2.24) is 5.32 Å². The van der Waals surface area contributed by atoms with Gasteiger partial charge in [-0.15, -0.1) is 0 Å². The molecular weight excluding hydrogens is 274 g/mol. The van der Waals surface area contributed by atoms with Crippen molar-refractivity contribution in [2.24, 2.45) is 11.8 Å². The summed E-state index contributed by atoms with van der Waals surface area (Å²) in [6, 6.07) is 11.7. The van der Waals surface area contributed by atoms with Gasteiger partial charge in [0.2, 0.25) is 0 Å². The van der Waals surface area contributed by atoms with Gasteiger partial charge in [-0.1, -0.05) is 43.2 Å². The summed E-state index contributed by atoms with van der Waals surface area (Å²) in [6.07, 6.45) is 8.95. The van der Waals surface area contributed by atoms with Crippen LogP contribution in [0.25, 0.3) is 0 Å². The maximum absolute atomic E-state index is 11.1. The number of nitrogens with one attached hydrogen (secondary N) is 1. The Bertz CT molecular complexity index is 473. The molecule has 0 heterocycles. The molecule has 0 bridgehead atoms. The topological polar surface area (TPSA) is 49.3 Å². The third-order valence-corrected chi connectivity index (χ3v) is 5.52. The van der Waals surface area contributed by atoms with E-state index in [9.17, 15) is 4.79 Å². The number of aliphatic carboxylic acids is 1. The average Bonchev–Trinajstić information content (AvgIpc) is 3.08. The highest BCUT2D eigenvalue weighted by Gasteiger charge is 2.31. The first-order valence-electron chi connectivity index (χ1n) is 8.78. The van der Waals surface area contributed by atoms with Crippen molar-refractivity contribution in [2.45, 2.75) is 63.5 Å². The molecule has 1 unspecified atom stereocenters. The largest absolute Gasteiger partial charge is 0.481 e. The summed E-state index contributed by atoms with van der Waals surface area (Å²) < 4.78 is 0. The fraction of sp³-hybridized carbons (Fsp3) is 0.632. The molecule has 2 aliphatic rings. The van der Waals surface area contributed by atoms with Gasteiger partial charge in [-0.3, -0.25) is 4.79 Å². The molecule has 3 rings (SSSR count). The molecule has 0 aliphatic heterocycles. The van der Waals surface area contributed by atoms with Crippen LogP contribution in [0.4, 0.5) is 0 Å². The van der Waals surface area contributed by atoms with Gasteiger partial charge in [0.25, 0.3) is 0 Å². The number of benzene rings is 1. The number of hydrogen-bond donors (Lipinski definition) is 2. The maximum atomic E-state index is 11.1. The van der Waals surface area contributed by atoms with E-state index in [-0.39, 0.29) is 5.92 Å². The predicted molar refractivity (Wildman–Crippen MR) is 87.7 cm³/mol. The number of rotatable bonds is 5. The smallest absolute Gasteiger partial charge is 0.306 e. The summed E-state index contributed by atoms with van der Waals surface area (Å²) in [7, 11) is 0. The van der Waals surface area contributed by atoms with E-state index >= 15 is 0 Å². The molecule has 22 heavy (non-hydrogen) atoms. The first kappa shape index (κ1) is 15.5. The zero-order chi connectivity index (χ0) is 15.4. The molecule has 2 aliphatic carbocycles. The summed E-state index contributed by atoms with van der Waals surface area (Å²) in [5.74, 6) is -0.00634. The molecular formula is C19H27NO2. The van der Waals surface area contributed by atoms with Gasteiger partial charge in [0.1, 0.15) is 0 Å². The quantitative estimate of drug-likeness (QED) is 0.859. The molecule has 0 radical (unpaired) electrons. The molecule has 3 nitrogen and oxygen atoms in total. The van der Waals surface area contributed by atoms with Crippen LogP contribution in [0.5, 0.6) is 0 Å². The SMILES string of the molecule is O=C(O)C1CCC(NC(c2ccccc2)C2CCCC2)CC1. The molecule has 2 saturated carbocycles. The Morgan fingerprint density at radius 2 is 1.64 bits per heavy atom. The average molecular weight is 301 g/mol. The standard InChI is InChI=1S/C19H27NO2/c21-19(22)16-10-12-17(13-11-16)20-18(15-8-4-5-9-15)14-6-2-1-3-7-14/h1-3,6-7,15-18,20H,4-5,8-13H2,(H,21,22). The second-order valence-corrected chi connectivity index (χ2v) is 6.99. The van der Waals surface area contributed by atoms with Crippen LogP contribution in [0.1, 0.15) is 63.0 Å². The van der Waals surface area contributed by atoms with E-state index in [0.717, 1.165) is 31.6 Å². The fourth-order valence-electron chi connectivity index (χ4n) is 4.22. The van der Waals surface area contributed by atoms with E-state index in [0.29, 0.717) is 12.1 Å². The molecule has 0 saturated heterocycles. The minimum Gasteiger partial charge on any atom is -0.481 e. The third kappa shape index (κ3) is 3.70. The van der Waals surface area contributed by atoms with Gasteiger partial charge in [-0.2, -0.15) is 0 Å². The summed E-state index contributed by atoms with van der Waals surface area (Å²) in [4.78, 5) is 11.1.